The maximum atomic E-state index is 12.3. The van der Waals surface area contributed by atoms with E-state index >= 15 is 0 Å². The Hall–Kier alpha value is -2.77. The standard InChI is InChI=1S/C23H39N5O3/c1-8-23(9-2,28-21(30)31-22(4,5)6)16-27-20(24-7)26-15-17-11-13-18(14-12-17)19(29)25-10-3/h11-14H,8-10,15-16H2,1-7H3,(H,25,29)(H,28,30)(H2,24,26,27). The highest BCUT2D eigenvalue weighted by molar-refractivity contribution is 5.94. The molecule has 0 radical (unpaired) electrons. The first kappa shape index (κ1) is 26.3. The van der Waals surface area contributed by atoms with Gasteiger partial charge in [-0.25, -0.2) is 4.79 Å². The fraction of sp³-hybridized carbons (Fsp3) is 0.609. The second kappa shape index (κ2) is 12.2. The van der Waals surface area contributed by atoms with Crippen LogP contribution in [0.25, 0.3) is 0 Å². The van der Waals surface area contributed by atoms with Gasteiger partial charge in [-0.1, -0.05) is 26.0 Å². The third-order valence-electron chi connectivity index (χ3n) is 4.95. The Balaban J connectivity index is 2.66. The molecule has 1 aromatic carbocycles. The van der Waals surface area contributed by atoms with Crippen LogP contribution < -0.4 is 21.3 Å². The smallest absolute Gasteiger partial charge is 0.408 e. The summed E-state index contributed by atoms with van der Waals surface area (Å²) < 4.78 is 5.42. The second-order valence-corrected chi connectivity index (χ2v) is 8.45. The van der Waals surface area contributed by atoms with Crippen molar-refractivity contribution in [2.75, 3.05) is 20.1 Å². The predicted molar refractivity (Wildman–Crippen MR) is 125 cm³/mol. The number of carbonyl (C=O) groups is 2. The van der Waals surface area contributed by atoms with Gasteiger partial charge in [-0.15, -0.1) is 0 Å². The fourth-order valence-corrected chi connectivity index (χ4v) is 2.94. The molecule has 0 fully saturated rings. The molecule has 0 aliphatic heterocycles. The number of nitrogens with zero attached hydrogens (tertiary/aromatic N) is 1. The zero-order valence-electron chi connectivity index (χ0n) is 20.0. The Morgan fingerprint density at radius 2 is 1.58 bits per heavy atom. The minimum Gasteiger partial charge on any atom is -0.444 e. The number of hydrogen-bond donors (Lipinski definition) is 4. The van der Waals surface area contributed by atoms with Crippen molar-refractivity contribution in [2.45, 2.75) is 72.1 Å². The van der Waals surface area contributed by atoms with Gasteiger partial charge in [0.15, 0.2) is 5.96 Å². The number of amides is 2. The number of carbonyl (C=O) groups excluding carboxylic acids is 2. The number of benzene rings is 1. The maximum Gasteiger partial charge on any atom is 0.408 e. The van der Waals surface area contributed by atoms with E-state index in [1.165, 1.54) is 0 Å². The zero-order valence-corrected chi connectivity index (χ0v) is 20.0. The summed E-state index contributed by atoms with van der Waals surface area (Å²) in [5, 5.41) is 12.4. The molecule has 0 heterocycles. The largest absolute Gasteiger partial charge is 0.444 e. The SMILES string of the molecule is CCNC(=O)c1ccc(CNC(=NC)NCC(CC)(CC)NC(=O)OC(C)(C)C)cc1. The van der Waals surface area contributed by atoms with Crippen molar-refractivity contribution in [3.05, 3.63) is 35.4 Å². The predicted octanol–water partition coefficient (Wildman–Crippen LogP) is 3.18. The van der Waals surface area contributed by atoms with Crippen molar-refractivity contribution < 1.29 is 14.3 Å². The average Bonchev–Trinajstić information content (AvgIpc) is 2.72. The van der Waals surface area contributed by atoms with Gasteiger partial charge in [-0.2, -0.15) is 0 Å². The molecule has 0 unspecified atom stereocenters. The zero-order chi connectivity index (χ0) is 23.5. The average molecular weight is 434 g/mol. The molecule has 0 atom stereocenters. The van der Waals surface area contributed by atoms with E-state index in [0.717, 1.165) is 18.4 Å². The molecular formula is C23H39N5O3. The summed E-state index contributed by atoms with van der Waals surface area (Å²) in [7, 11) is 1.70. The molecule has 174 valence electrons. The Kier molecular flexibility index (Phi) is 10.3. The van der Waals surface area contributed by atoms with Crippen LogP contribution in [0.1, 0.15) is 70.3 Å². The van der Waals surface area contributed by atoms with Crippen molar-refractivity contribution in [1.29, 1.82) is 0 Å². The van der Waals surface area contributed by atoms with Gasteiger partial charge in [0, 0.05) is 32.2 Å². The van der Waals surface area contributed by atoms with E-state index in [1.807, 2.05) is 65.8 Å². The molecule has 31 heavy (non-hydrogen) atoms. The second-order valence-electron chi connectivity index (χ2n) is 8.45. The monoisotopic (exact) mass is 433 g/mol. The Morgan fingerprint density at radius 1 is 0.968 bits per heavy atom. The summed E-state index contributed by atoms with van der Waals surface area (Å²) in [5.41, 5.74) is 0.667. The van der Waals surface area contributed by atoms with E-state index in [2.05, 4.69) is 26.3 Å². The molecule has 8 heteroatoms. The third kappa shape index (κ3) is 9.27. The van der Waals surface area contributed by atoms with Crippen molar-refractivity contribution in [3.63, 3.8) is 0 Å². The quantitative estimate of drug-likeness (QED) is 0.354. The normalized spacial score (nSPS) is 12.2. The Morgan fingerprint density at radius 3 is 2.06 bits per heavy atom. The number of alkyl carbamates (subject to hydrolysis) is 1. The molecule has 0 bridgehead atoms. The van der Waals surface area contributed by atoms with Gasteiger partial charge in [0.25, 0.3) is 5.91 Å². The maximum absolute atomic E-state index is 12.3. The molecule has 0 saturated carbocycles. The van der Waals surface area contributed by atoms with E-state index in [4.69, 9.17) is 4.74 Å². The molecule has 4 N–H and O–H groups in total. The minimum atomic E-state index is -0.547. The number of aliphatic imine (C=N–C) groups is 1. The van der Waals surface area contributed by atoms with Crippen LogP contribution in [0.5, 0.6) is 0 Å². The van der Waals surface area contributed by atoms with Crippen LogP contribution >= 0.6 is 0 Å². The Labute approximate surface area is 186 Å². The Bertz CT molecular complexity index is 735. The molecule has 8 nitrogen and oxygen atoms in total. The van der Waals surface area contributed by atoms with Crippen molar-refractivity contribution in [1.82, 2.24) is 21.3 Å². The van der Waals surface area contributed by atoms with Gasteiger partial charge < -0.3 is 26.0 Å². The summed E-state index contributed by atoms with van der Waals surface area (Å²) in [6, 6.07) is 7.44. The molecule has 1 rings (SSSR count). The molecule has 0 aliphatic carbocycles. The minimum absolute atomic E-state index is 0.0764. The van der Waals surface area contributed by atoms with E-state index < -0.39 is 17.2 Å². The van der Waals surface area contributed by atoms with Crippen LogP contribution in [0.4, 0.5) is 4.79 Å². The lowest BCUT2D eigenvalue weighted by molar-refractivity contribution is 0.0448. The highest BCUT2D eigenvalue weighted by atomic mass is 16.6. The van der Waals surface area contributed by atoms with Crippen LogP contribution in [0.3, 0.4) is 0 Å². The molecule has 0 saturated heterocycles. The van der Waals surface area contributed by atoms with Crippen molar-refractivity contribution >= 4 is 18.0 Å². The fourth-order valence-electron chi connectivity index (χ4n) is 2.94. The molecule has 0 spiro atoms. The van der Waals surface area contributed by atoms with Gasteiger partial charge in [0.1, 0.15) is 5.60 Å². The molecule has 0 aromatic heterocycles. The highest BCUT2D eigenvalue weighted by Crippen LogP contribution is 2.16. The van der Waals surface area contributed by atoms with E-state index in [0.29, 0.717) is 31.2 Å². The molecule has 0 aliphatic rings. The van der Waals surface area contributed by atoms with Gasteiger partial charge >= 0.3 is 6.09 Å². The molecule has 2 amide bonds. The van der Waals surface area contributed by atoms with E-state index in [1.54, 1.807) is 7.05 Å². The number of ether oxygens (including phenoxy) is 1. The van der Waals surface area contributed by atoms with Gasteiger partial charge in [0.2, 0.25) is 0 Å². The number of guanidine groups is 1. The van der Waals surface area contributed by atoms with Crippen LogP contribution in [-0.4, -0.2) is 49.2 Å². The van der Waals surface area contributed by atoms with Gasteiger partial charge in [0.05, 0.1) is 5.54 Å². The van der Waals surface area contributed by atoms with Crippen molar-refractivity contribution in [3.8, 4) is 0 Å². The molecule has 1 aromatic rings. The number of nitrogens with one attached hydrogen (secondary N) is 4. The van der Waals surface area contributed by atoms with Crippen LogP contribution in [0, 0.1) is 0 Å². The van der Waals surface area contributed by atoms with Crippen molar-refractivity contribution in [2.24, 2.45) is 4.99 Å². The first-order valence-electron chi connectivity index (χ1n) is 10.9. The third-order valence-corrected chi connectivity index (χ3v) is 4.95. The summed E-state index contributed by atoms with van der Waals surface area (Å²) in [4.78, 5) is 28.4. The molecular weight excluding hydrogens is 394 g/mol. The summed E-state index contributed by atoms with van der Waals surface area (Å²) in [6.07, 6.45) is 1.07. The summed E-state index contributed by atoms with van der Waals surface area (Å²) in [5.74, 6) is 0.553. The number of rotatable bonds is 9. The lowest BCUT2D eigenvalue weighted by Gasteiger charge is -2.34. The first-order valence-corrected chi connectivity index (χ1v) is 10.9. The lowest BCUT2D eigenvalue weighted by Crippen LogP contribution is -2.57. The van der Waals surface area contributed by atoms with E-state index in [-0.39, 0.29) is 5.91 Å². The van der Waals surface area contributed by atoms with E-state index in [9.17, 15) is 9.59 Å². The van der Waals surface area contributed by atoms with Gasteiger partial charge in [-0.3, -0.25) is 9.79 Å². The highest BCUT2D eigenvalue weighted by Gasteiger charge is 2.30. The summed E-state index contributed by atoms with van der Waals surface area (Å²) in [6.45, 7) is 13.2. The first-order chi connectivity index (χ1) is 14.6. The van der Waals surface area contributed by atoms with Gasteiger partial charge in [-0.05, 0) is 58.2 Å². The van der Waals surface area contributed by atoms with Crippen LogP contribution in [0.2, 0.25) is 0 Å². The van der Waals surface area contributed by atoms with Crippen LogP contribution in [-0.2, 0) is 11.3 Å². The lowest BCUT2D eigenvalue weighted by atomic mass is 9.93. The van der Waals surface area contributed by atoms with Crippen LogP contribution in [0.15, 0.2) is 29.3 Å². The summed E-state index contributed by atoms with van der Waals surface area (Å²) >= 11 is 0. The topological polar surface area (TPSA) is 104 Å². The number of hydrogen-bond acceptors (Lipinski definition) is 4.